The van der Waals surface area contributed by atoms with Crippen LogP contribution in [-0.2, 0) is 14.4 Å². The Labute approximate surface area is 123 Å². The second-order valence-corrected chi connectivity index (χ2v) is 5.98. The van der Waals surface area contributed by atoms with E-state index in [4.69, 9.17) is 4.74 Å². The first kappa shape index (κ1) is 14.6. The van der Waals surface area contributed by atoms with Crippen LogP contribution in [0.2, 0.25) is 0 Å². The first-order valence-electron chi connectivity index (χ1n) is 6.01. The Kier molecular flexibility index (Phi) is 3.24. The summed E-state index contributed by atoms with van der Waals surface area (Å²) in [5.74, 6) is 0.408. The van der Waals surface area contributed by atoms with Crippen molar-refractivity contribution >= 4 is 26.6 Å². The molecule has 2 aromatic rings. The zero-order chi connectivity index (χ0) is 16.0. The lowest BCUT2D eigenvalue weighted by atomic mass is 10.0. The van der Waals surface area contributed by atoms with Crippen LogP contribution in [-0.4, -0.2) is 26.2 Å². The molecule has 3 rings (SSSR count). The minimum Gasteiger partial charge on any atom is -0.486 e. The number of hydrogen-bond acceptors (Lipinski definition) is 5. The smallest absolute Gasteiger partial charge is 0.486 e. The van der Waals surface area contributed by atoms with Crippen LogP contribution in [0.3, 0.4) is 0 Å². The van der Waals surface area contributed by atoms with Crippen molar-refractivity contribution in [2.24, 2.45) is 5.16 Å². The molecule has 116 valence electrons. The largest absolute Gasteiger partial charge is 0.536 e. The maximum absolute atomic E-state index is 12.2. The van der Waals surface area contributed by atoms with Crippen molar-refractivity contribution in [2.45, 2.75) is 5.51 Å². The van der Waals surface area contributed by atoms with Crippen LogP contribution in [0.15, 0.2) is 41.6 Å². The molecule has 9 heteroatoms. The van der Waals surface area contributed by atoms with Crippen LogP contribution >= 0.6 is 0 Å². The van der Waals surface area contributed by atoms with Crippen molar-refractivity contribution in [2.75, 3.05) is 6.61 Å². The van der Waals surface area contributed by atoms with Gasteiger partial charge in [0.15, 0.2) is 0 Å². The standard InChI is InChI=1S/C13H8F3NO4S/c14-13(15,16)22(18,19)21-17-10-7-20-11-6-5-8-3-1-2-4-9(8)12(10)11/h1-6H,7H2. The van der Waals surface area contributed by atoms with Gasteiger partial charge in [0, 0.05) is 0 Å². The summed E-state index contributed by atoms with van der Waals surface area (Å²) in [4.78, 5) is 0. The normalized spacial score (nSPS) is 16.6. The van der Waals surface area contributed by atoms with E-state index in [0.29, 0.717) is 16.7 Å². The number of hydrogen-bond donors (Lipinski definition) is 0. The fourth-order valence-corrected chi connectivity index (χ4v) is 2.37. The van der Waals surface area contributed by atoms with Crippen molar-refractivity contribution in [1.82, 2.24) is 0 Å². The molecule has 0 radical (unpaired) electrons. The predicted octanol–water partition coefficient (Wildman–Crippen LogP) is 2.80. The molecule has 0 N–H and O–H groups in total. The number of benzene rings is 2. The van der Waals surface area contributed by atoms with Gasteiger partial charge in [-0.05, 0) is 16.8 Å². The van der Waals surface area contributed by atoms with Gasteiger partial charge in [-0.15, -0.1) is 0 Å². The van der Waals surface area contributed by atoms with Crippen LogP contribution < -0.4 is 4.74 Å². The van der Waals surface area contributed by atoms with Crippen molar-refractivity contribution in [1.29, 1.82) is 0 Å². The number of ether oxygens (including phenoxy) is 1. The minimum atomic E-state index is -5.78. The molecule has 2 aromatic carbocycles. The van der Waals surface area contributed by atoms with E-state index in [9.17, 15) is 21.6 Å². The Morgan fingerprint density at radius 2 is 1.86 bits per heavy atom. The van der Waals surface area contributed by atoms with Gasteiger partial charge >= 0.3 is 15.6 Å². The van der Waals surface area contributed by atoms with Crippen LogP contribution in [0.4, 0.5) is 13.2 Å². The van der Waals surface area contributed by atoms with Crippen LogP contribution in [0.25, 0.3) is 10.8 Å². The van der Waals surface area contributed by atoms with E-state index in [1.165, 1.54) is 0 Å². The maximum Gasteiger partial charge on any atom is 0.536 e. The van der Waals surface area contributed by atoms with E-state index in [1.807, 2.05) is 0 Å². The lowest BCUT2D eigenvalue weighted by Gasteiger charge is -2.06. The van der Waals surface area contributed by atoms with Crippen LogP contribution in [0, 0.1) is 0 Å². The van der Waals surface area contributed by atoms with Crippen molar-refractivity contribution in [3.63, 3.8) is 0 Å². The van der Waals surface area contributed by atoms with Gasteiger partial charge in [-0.2, -0.15) is 21.6 Å². The number of halogens is 3. The molecule has 0 unspecified atom stereocenters. The molecule has 0 atom stereocenters. The summed E-state index contributed by atoms with van der Waals surface area (Å²) in [6.45, 7) is -0.170. The van der Waals surface area contributed by atoms with Gasteiger partial charge in [-0.3, -0.25) is 4.28 Å². The Bertz CT molecular complexity index is 874. The Morgan fingerprint density at radius 1 is 1.14 bits per heavy atom. The summed E-state index contributed by atoms with van der Waals surface area (Å²) in [7, 11) is -5.78. The Hall–Kier alpha value is -2.29. The zero-order valence-corrected chi connectivity index (χ0v) is 11.6. The summed E-state index contributed by atoms with van der Waals surface area (Å²) in [6, 6.07) is 10.5. The summed E-state index contributed by atoms with van der Waals surface area (Å²) in [5, 5.41) is 4.64. The van der Waals surface area contributed by atoms with Gasteiger partial charge in [0.1, 0.15) is 18.1 Å². The first-order valence-corrected chi connectivity index (χ1v) is 7.42. The number of oxime groups is 1. The second kappa shape index (κ2) is 4.87. The van der Waals surface area contributed by atoms with Crippen molar-refractivity contribution in [3.05, 3.63) is 42.0 Å². The average molecular weight is 331 g/mol. The topological polar surface area (TPSA) is 65.0 Å². The highest BCUT2D eigenvalue weighted by atomic mass is 32.2. The molecule has 1 aliphatic heterocycles. The SMILES string of the molecule is O=S(=O)(ON=C1COc2ccc3ccccc3c21)C(F)(F)F. The zero-order valence-electron chi connectivity index (χ0n) is 10.8. The molecule has 1 heterocycles. The molecule has 0 fully saturated rings. The van der Waals surface area contributed by atoms with E-state index in [0.717, 1.165) is 5.39 Å². The molecule has 0 spiro atoms. The lowest BCUT2D eigenvalue weighted by Crippen LogP contribution is -2.24. The van der Waals surface area contributed by atoms with Gasteiger partial charge in [-0.25, -0.2) is 0 Å². The monoisotopic (exact) mass is 331 g/mol. The second-order valence-electron chi connectivity index (χ2n) is 4.46. The highest BCUT2D eigenvalue weighted by molar-refractivity contribution is 7.87. The molecule has 0 bridgehead atoms. The van der Waals surface area contributed by atoms with E-state index >= 15 is 0 Å². The quantitative estimate of drug-likeness (QED) is 0.627. The Balaban J connectivity index is 2.05. The summed E-state index contributed by atoms with van der Waals surface area (Å²) < 4.78 is 67.5. The molecule has 0 amide bonds. The molecule has 5 nitrogen and oxygen atoms in total. The third-order valence-electron chi connectivity index (χ3n) is 3.07. The number of fused-ring (bicyclic) bond motifs is 3. The van der Waals surface area contributed by atoms with Gasteiger partial charge in [0.25, 0.3) is 0 Å². The Morgan fingerprint density at radius 3 is 2.59 bits per heavy atom. The van der Waals surface area contributed by atoms with Gasteiger partial charge in [0.05, 0.1) is 5.56 Å². The summed E-state index contributed by atoms with van der Waals surface area (Å²) >= 11 is 0. The van der Waals surface area contributed by atoms with Crippen molar-refractivity contribution in [3.8, 4) is 5.75 Å². The molecule has 1 aliphatic rings. The minimum absolute atomic E-state index is 0.0142. The molecule has 0 aliphatic carbocycles. The van der Waals surface area contributed by atoms with E-state index in [1.54, 1.807) is 36.4 Å². The molecule has 22 heavy (non-hydrogen) atoms. The fraction of sp³-hybridized carbons (Fsp3) is 0.154. The maximum atomic E-state index is 12.2. The highest BCUT2D eigenvalue weighted by Gasteiger charge is 2.49. The summed E-state index contributed by atoms with van der Waals surface area (Å²) in [5.41, 5.74) is -5.12. The van der Waals surface area contributed by atoms with Gasteiger partial charge in [-0.1, -0.05) is 35.5 Å². The molecular formula is C13H8F3NO4S. The van der Waals surface area contributed by atoms with E-state index in [-0.39, 0.29) is 12.3 Å². The van der Waals surface area contributed by atoms with Gasteiger partial charge in [0.2, 0.25) is 0 Å². The molecule has 0 aromatic heterocycles. The predicted molar refractivity (Wildman–Crippen MR) is 72.0 cm³/mol. The molecule has 0 saturated heterocycles. The lowest BCUT2D eigenvalue weighted by molar-refractivity contribution is -0.0541. The average Bonchev–Trinajstić information content (AvgIpc) is 2.87. The fourth-order valence-electron chi connectivity index (χ4n) is 2.10. The first-order chi connectivity index (χ1) is 10.3. The van der Waals surface area contributed by atoms with Gasteiger partial charge < -0.3 is 4.74 Å². The number of rotatable bonds is 2. The highest BCUT2D eigenvalue weighted by Crippen LogP contribution is 2.33. The molecule has 0 saturated carbocycles. The number of alkyl halides is 3. The number of nitrogens with zero attached hydrogens (tertiary/aromatic N) is 1. The molecular weight excluding hydrogens is 323 g/mol. The van der Waals surface area contributed by atoms with Crippen LogP contribution in [0.5, 0.6) is 5.75 Å². The summed E-state index contributed by atoms with van der Waals surface area (Å²) in [6.07, 6.45) is 0. The van der Waals surface area contributed by atoms with E-state index in [2.05, 4.69) is 9.44 Å². The third kappa shape index (κ3) is 2.37. The van der Waals surface area contributed by atoms with Crippen LogP contribution in [0.1, 0.15) is 5.56 Å². The third-order valence-corrected chi connectivity index (χ3v) is 3.91. The van der Waals surface area contributed by atoms with E-state index < -0.39 is 15.6 Å². The van der Waals surface area contributed by atoms with Crippen molar-refractivity contribution < 1.29 is 30.6 Å².